The van der Waals surface area contributed by atoms with E-state index in [0.29, 0.717) is 35.6 Å². The molecule has 2 heterocycles. The number of fused-ring (bicyclic) bond motifs is 1. The van der Waals surface area contributed by atoms with E-state index in [2.05, 4.69) is 9.97 Å². The largest absolute Gasteiger partial charge is 0.484 e. The van der Waals surface area contributed by atoms with Gasteiger partial charge in [0.25, 0.3) is 11.5 Å². The predicted molar refractivity (Wildman–Crippen MR) is 113 cm³/mol. The number of amides is 1. The zero-order chi connectivity index (χ0) is 20.9. The number of carbonyl (C=O) groups is 1. The molecule has 1 fully saturated rings. The third-order valence-corrected chi connectivity index (χ3v) is 5.16. The van der Waals surface area contributed by atoms with Crippen molar-refractivity contribution in [1.29, 1.82) is 0 Å². The summed E-state index contributed by atoms with van der Waals surface area (Å²) in [5, 5.41) is 0.529. The highest BCUT2D eigenvalue weighted by Gasteiger charge is 2.24. The Morgan fingerprint density at radius 1 is 1.27 bits per heavy atom. The first-order valence-corrected chi connectivity index (χ1v) is 10.2. The zero-order valence-electron chi connectivity index (χ0n) is 17.0. The Kier molecular flexibility index (Phi) is 6.09. The smallest absolute Gasteiger partial charge is 0.261 e. The van der Waals surface area contributed by atoms with Crippen molar-refractivity contribution in [2.24, 2.45) is 0 Å². The van der Waals surface area contributed by atoms with Crippen LogP contribution in [0.2, 0.25) is 0 Å². The number of H-pyrrole nitrogens is 1. The van der Waals surface area contributed by atoms with E-state index in [0.717, 1.165) is 18.4 Å². The minimum absolute atomic E-state index is 0.0138. The fourth-order valence-corrected chi connectivity index (χ4v) is 3.62. The fourth-order valence-electron chi connectivity index (χ4n) is 3.62. The van der Waals surface area contributed by atoms with E-state index in [4.69, 9.17) is 9.47 Å². The molecule has 1 unspecified atom stereocenters. The Balaban J connectivity index is 1.51. The molecule has 0 saturated carbocycles. The summed E-state index contributed by atoms with van der Waals surface area (Å²) in [7, 11) is 0. The van der Waals surface area contributed by atoms with E-state index in [-0.39, 0.29) is 30.7 Å². The summed E-state index contributed by atoms with van der Waals surface area (Å²) in [4.78, 5) is 34.3. The lowest BCUT2D eigenvalue weighted by Gasteiger charge is -2.25. The molecule has 1 atom stereocenters. The number of ether oxygens (including phenoxy) is 2. The maximum Gasteiger partial charge on any atom is 0.261 e. The number of hydrogen-bond acceptors (Lipinski definition) is 5. The molecule has 7 heteroatoms. The summed E-state index contributed by atoms with van der Waals surface area (Å²) >= 11 is 0. The molecule has 30 heavy (non-hydrogen) atoms. The summed E-state index contributed by atoms with van der Waals surface area (Å²) in [6, 6.07) is 14.7. The number of nitrogens with one attached hydrogen (secondary N) is 1. The normalized spacial score (nSPS) is 16.0. The van der Waals surface area contributed by atoms with E-state index in [1.807, 2.05) is 37.3 Å². The first kappa shape index (κ1) is 20.1. The van der Waals surface area contributed by atoms with Gasteiger partial charge in [-0.25, -0.2) is 4.98 Å². The van der Waals surface area contributed by atoms with Crippen molar-refractivity contribution in [2.75, 3.05) is 19.8 Å². The molecule has 1 aromatic heterocycles. The number of aromatic amines is 1. The molecule has 1 aliphatic heterocycles. The van der Waals surface area contributed by atoms with Crippen molar-refractivity contribution in [3.63, 3.8) is 0 Å². The van der Waals surface area contributed by atoms with Crippen LogP contribution in [0.15, 0.2) is 53.3 Å². The van der Waals surface area contributed by atoms with Crippen LogP contribution in [-0.2, 0) is 16.1 Å². The van der Waals surface area contributed by atoms with Gasteiger partial charge in [0, 0.05) is 13.2 Å². The Morgan fingerprint density at radius 2 is 2.13 bits per heavy atom. The van der Waals surface area contributed by atoms with Crippen LogP contribution in [0.3, 0.4) is 0 Å². The van der Waals surface area contributed by atoms with Crippen LogP contribution in [0.25, 0.3) is 10.9 Å². The van der Waals surface area contributed by atoms with Crippen LogP contribution in [-0.4, -0.2) is 46.6 Å². The third kappa shape index (κ3) is 4.86. The van der Waals surface area contributed by atoms with Gasteiger partial charge >= 0.3 is 0 Å². The predicted octanol–water partition coefficient (Wildman–Crippen LogP) is 2.82. The summed E-state index contributed by atoms with van der Waals surface area (Å²) in [6.45, 7) is 3.22. The van der Waals surface area contributed by atoms with Crippen molar-refractivity contribution in [1.82, 2.24) is 14.9 Å². The molecule has 0 aliphatic carbocycles. The van der Waals surface area contributed by atoms with Crippen LogP contribution >= 0.6 is 0 Å². The van der Waals surface area contributed by atoms with Gasteiger partial charge in [0.1, 0.15) is 11.6 Å². The minimum Gasteiger partial charge on any atom is -0.484 e. The second-order valence-corrected chi connectivity index (χ2v) is 7.54. The average molecular weight is 407 g/mol. The quantitative estimate of drug-likeness (QED) is 0.651. The summed E-state index contributed by atoms with van der Waals surface area (Å²) in [6.07, 6.45) is 1.88. The topological polar surface area (TPSA) is 84.5 Å². The van der Waals surface area contributed by atoms with Gasteiger partial charge in [-0.05, 0) is 49.6 Å². The fraction of sp³-hybridized carbons (Fsp3) is 0.348. The summed E-state index contributed by atoms with van der Waals surface area (Å²) < 4.78 is 11.4. The van der Waals surface area contributed by atoms with E-state index in [1.54, 1.807) is 23.1 Å². The number of nitrogens with zero attached hydrogens (tertiary/aromatic N) is 2. The zero-order valence-corrected chi connectivity index (χ0v) is 17.0. The number of carbonyl (C=O) groups excluding carboxylic acids is 1. The maximum atomic E-state index is 13.0. The van der Waals surface area contributed by atoms with Gasteiger partial charge in [-0.3, -0.25) is 9.59 Å². The molecule has 1 aliphatic rings. The lowest BCUT2D eigenvalue weighted by atomic mass is 10.2. The highest BCUT2D eigenvalue weighted by atomic mass is 16.5. The molecule has 7 nitrogen and oxygen atoms in total. The molecule has 0 radical (unpaired) electrons. The number of aryl methyl sites for hydroxylation is 1. The molecule has 2 aromatic carbocycles. The summed E-state index contributed by atoms with van der Waals surface area (Å²) in [5.41, 5.74) is 1.46. The maximum absolute atomic E-state index is 13.0. The van der Waals surface area contributed by atoms with Crippen molar-refractivity contribution in [3.8, 4) is 5.75 Å². The lowest BCUT2D eigenvalue weighted by Crippen LogP contribution is -2.40. The lowest BCUT2D eigenvalue weighted by molar-refractivity contribution is -0.135. The molecule has 1 amide bonds. The molecule has 1 N–H and O–H groups in total. The van der Waals surface area contributed by atoms with Crippen LogP contribution in [0, 0.1) is 6.92 Å². The molecule has 0 bridgehead atoms. The van der Waals surface area contributed by atoms with E-state index in [1.165, 1.54) is 0 Å². The van der Waals surface area contributed by atoms with E-state index < -0.39 is 0 Å². The monoisotopic (exact) mass is 407 g/mol. The number of para-hydroxylation sites is 1. The molecule has 4 rings (SSSR count). The molecular formula is C23H25N3O4. The highest BCUT2D eigenvalue weighted by Crippen LogP contribution is 2.16. The second kappa shape index (κ2) is 9.09. The van der Waals surface area contributed by atoms with Gasteiger partial charge in [0.2, 0.25) is 0 Å². The van der Waals surface area contributed by atoms with Crippen molar-refractivity contribution in [2.45, 2.75) is 32.4 Å². The van der Waals surface area contributed by atoms with Crippen molar-refractivity contribution < 1.29 is 14.3 Å². The Hall–Kier alpha value is -3.19. The van der Waals surface area contributed by atoms with Gasteiger partial charge in [0.15, 0.2) is 6.61 Å². The number of benzene rings is 2. The van der Waals surface area contributed by atoms with Gasteiger partial charge in [-0.2, -0.15) is 0 Å². The summed E-state index contributed by atoms with van der Waals surface area (Å²) in [5.74, 6) is 0.918. The number of hydrogen-bond donors (Lipinski definition) is 1. The first-order valence-electron chi connectivity index (χ1n) is 10.2. The minimum atomic E-state index is -0.212. The Bertz CT molecular complexity index is 1090. The number of aromatic nitrogens is 2. The van der Waals surface area contributed by atoms with Crippen LogP contribution in [0.5, 0.6) is 5.75 Å². The average Bonchev–Trinajstić information content (AvgIpc) is 3.25. The van der Waals surface area contributed by atoms with Gasteiger partial charge in [-0.1, -0.05) is 24.3 Å². The first-order chi connectivity index (χ1) is 14.6. The van der Waals surface area contributed by atoms with Crippen LogP contribution in [0.4, 0.5) is 0 Å². The second-order valence-electron chi connectivity index (χ2n) is 7.54. The van der Waals surface area contributed by atoms with Crippen molar-refractivity contribution >= 4 is 16.8 Å². The molecule has 3 aromatic rings. The van der Waals surface area contributed by atoms with Gasteiger partial charge < -0.3 is 19.4 Å². The van der Waals surface area contributed by atoms with Crippen LogP contribution < -0.4 is 10.3 Å². The van der Waals surface area contributed by atoms with Gasteiger partial charge in [-0.15, -0.1) is 0 Å². The van der Waals surface area contributed by atoms with E-state index in [9.17, 15) is 9.59 Å². The van der Waals surface area contributed by atoms with Gasteiger partial charge in [0.05, 0.1) is 23.6 Å². The number of rotatable bonds is 7. The standard InChI is InChI=1S/C23H25N3O4/c1-16-6-4-7-17(12-16)30-15-22(27)26(13-18-8-5-11-29-18)14-21-24-20-10-3-2-9-19(20)23(28)25-21/h2-4,6-7,9-10,12,18H,5,8,11,13-15H2,1H3,(H,24,25,28). The third-order valence-electron chi connectivity index (χ3n) is 5.16. The van der Waals surface area contributed by atoms with Crippen LogP contribution in [0.1, 0.15) is 24.2 Å². The highest BCUT2D eigenvalue weighted by molar-refractivity contribution is 5.78. The Labute approximate surface area is 174 Å². The van der Waals surface area contributed by atoms with E-state index >= 15 is 0 Å². The molecule has 1 saturated heterocycles. The van der Waals surface area contributed by atoms with Crippen molar-refractivity contribution in [3.05, 3.63) is 70.3 Å². The molecule has 156 valence electrons. The molecular weight excluding hydrogens is 382 g/mol. The molecule has 0 spiro atoms. The SMILES string of the molecule is Cc1cccc(OCC(=O)N(Cc2nc3ccccc3c(=O)[nH]2)CC2CCCO2)c1. The Morgan fingerprint density at radius 3 is 2.93 bits per heavy atom.